The van der Waals surface area contributed by atoms with Crippen LogP contribution in [0.4, 0.5) is 5.69 Å². The molecule has 0 bridgehead atoms. The van der Waals surface area contributed by atoms with Crippen molar-refractivity contribution in [1.29, 1.82) is 0 Å². The highest BCUT2D eigenvalue weighted by Crippen LogP contribution is 2.31. The largest absolute Gasteiger partial charge is 0.463 e. The Labute approximate surface area is 149 Å². The summed E-state index contributed by atoms with van der Waals surface area (Å²) in [6.45, 7) is 2.12. The van der Waals surface area contributed by atoms with Gasteiger partial charge < -0.3 is 9.64 Å². The van der Waals surface area contributed by atoms with Crippen LogP contribution in [0.1, 0.15) is 22.3 Å². The van der Waals surface area contributed by atoms with E-state index in [-0.39, 0.29) is 30.9 Å². The minimum Gasteiger partial charge on any atom is -0.463 e. The van der Waals surface area contributed by atoms with Crippen LogP contribution in [-0.4, -0.2) is 24.5 Å². The molecule has 3 rings (SSSR count). The van der Waals surface area contributed by atoms with E-state index in [0.717, 1.165) is 5.56 Å². The molecule has 1 heterocycles. The van der Waals surface area contributed by atoms with Crippen LogP contribution in [-0.2, 0) is 9.53 Å². The first-order chi connectivity index (χ1) is 11.5. The summed E-state index contributed by atoms with van der Waals surface area (Å²) >= 11 is 12.1. The van der Waals surface area contributed by atoms with Crippen LogP contribution >= 0.6 is 23.2 Å². The Morgan fingerprint density at radius 3 is 2.42 bits per heavy atom. The van der Waals surface area contributed by atoms with Crippen molar-refractivity contribution in [2.24, 2.45) is 0 Å². The topological polar surface area (TPSA) is 46.6 Å². The average molecular weight is 364 g/mol. The van der Waals surface area contributed by atoms with Gasteiger partial charge in [-0.05, 0) is 37.3 Å². The molecule has 1 fully saturated rings. The Balaban J connectivity index is 2.01. The fourth-order valence-electron chi connectivity index (χ4n) is 2.63. The SMILES string of the molecule is Cc1ccc(C(=O)N(c2ccc(Cl)c(Cl)c2)C2COC(=O)C2)cc1. The molecule has 2 aromatic rings. The molecule has 2 aromatic carbocycles. The Bertz CT molecular complexity index is 789. The van der Waals surface area contributed by atoms with Crippen molar-refractivity contribution in [2.45, 2.75) is 19.4 Å². The van der Waals surface area contributed by atoms with E-state index in [1.807, 2.05) is 19.1 Å². The first kappa shape index (κ1) is 16.8. The van der Waals surface area contributed by atoms with Gasteiger partial charge in [0.25, 0.3) is 5.91 Å². The number of benzene rings is 2. The number of carbonyl (C=O) groups excluding carboxylic acids is 2. The summed E-state index contributed by atoms with van der Waals surface area (Å²) in [5.41, 5.74) is 2.18. The number of cyclic esters (lactones) is 1. The fourth-order valence-corrected chi connectivity index (χ4v) is 2.92. The number of rotatable bonds is 3. The van der Waals surface area contributed by atoms with Crippen LogP contribution < -0.4 is 4.90 Å². The van der Waals surface area contributed by atoms with Crippen molar-refractivity contribution >= 4 is 40.8 Å². The average Bonchev–Trinajstić information content (AvgIpc) is 2.97. The lowest BCUT2D eigenvalue weighted by atomic mass is 10.1. The summed E-state index contributed by atoms with van der Waals surface area (Å²) in [6, 6.07) is 11.9. The predicted octanol–water partition coefficient (Wildman–Crippen LogP) is 4.26. The molecule has 1 aliphatic rings. The van der Waals surface area contributed by atoms with Gasteiger partial charge in [-0.1, -0.05) is 40.9 Å². The third-order valence-electron chi connectivity index (χ3n) is 3.90. The van der Waals surface area contributed by atoms with Gasteiger partial charge in [-0.3, -0.25) is 9.59 Å². The molecule has 6 heteroatoms. The summed E-state index contributed by atoms with van der Waals surface area (Å²) < 4.78 is 5.04. The second-order valence-corrected chi connectivity index (χ2v) is 6.49. The molecular formula is C18H15Cl2NO3. The van der Waals surface area contributed by atoms with Gasteiger partial charge in [0.15, 0.2) is 0 Å². The first-order valence-corrected chi connectivity index (χ1v) is 8.22. The molecule has 0 saturated carbocycles. The van der Waals surface area contributed by atoms with E-state index in [9.17, 15) is 9.59 Å². The lowest BCUT2D eigenvalue weighted by Gasteiger charge is -2.28. The summed E-state index contributed by atoms with van der Waals surface area (Å²) in [6.07, 6.45) is 0.151. The van der Waals surface area contributed by atoms with Crippen LogP contribution in [0.2, 0.25) is 10.0 Å². The third-order valence-corrected chi connectivity index (χ3v) is 4.64. The number of amides is 1. The van der Waals surface area contributed by atoms with E-state index in [1.54, 1.807) is 35.2 Å². The lowest BCUT2D eigenvalue weighted by Crippen LogP contribution is -2.41. The highest BCUT2D eigenvalue weighted by molar-refractivity contribution is 6.42. The molecule has 1 saturated heterocycles. The van der Waals surface area contributed by atoms with E-state index in [0.29, 0.717) is 21.3 Å². The molecule has 1 aliphatic heterocycles. The number of hydrogen-bond acceptors (Lipinski definition) is 3. The Hall–Kier alpha value is -2.04. The highest BCUT2D eigenvalue weighted by atomic mass is 35.5. The van der Waals surface area contributed by atoms with Crippen molar-refractivity contribution in [3.63, 3.8) is 0 Å². The van der Waals surface area contributed by atoms with Gasteiger partial charge in [-0.25, -0.2) is 0 Å². The smallest absolute Gasteiger partial charge is 0.308 e. The zero-order valence-electron chi connectivity index (χ0n) is 13.0. The maximum absolute atomic E-state index is 13.0. The molecule has 1 atom stereocenters. The van der Waals surface area contributed by atoms with Gasteiger partial charge >= 0.3 is 5.97 Å². The number of nitrogens with zero attached hydrogens (tertiary/aromatic N) is 1. The fraction of sp³-hybridized carbons (Fsp3) is 0.222. The van der Waals surface area contributed by atoms with E-state index in [4.69, 9.17) is 27.9 Å². The quantitative estimate of drug-likeness (QED) is 0.765. The van der Waals surface area contributed by atoms with Gasteiger partial charge in [0.05, 0.1) is 22.5 Å². The summed E-state index contributed by atoms with van der Waals surface area (Å²) in [5, 5.41) is 0.753. The number of ether oxygens (including phenoxy) is 1. The minimum atomic E-state index is -0.372. The van der Waals surface area contributed by atoms with Crippen molar-refractivity contribution < 1.29 is 14.3 Å². The van der Waals surface area contributed by atoms with Gasteiger partial charge in [0, 0.05) is 11.3 Å². The number of esters is 1. The number of halogens is 2. The summed E-state index contributed by atoms with van der Waals surface area (Å²) in [7, 11) is 0. The molecular weight excluding hydrogens is 349 g/mol. The van der Waals surface area contributed by atoms with Crippen LogP contribution in [0.3, 0.4) is 0 Å². The molecule has 1 unspecified atom stereocenters. The number of aryl methyl sites for hydroxylation is 1. The van der Waals surface area contributed by atoms with Crippen LogP contribution in [0, 0.1) is 6.92 Å². The summed E-state index contributed by atoms with van der Waals surface area (Å²) in [4.78, 5) is 26.1. The second kappa shape index (κ2) is 6.83. The zero-order chi connectivity index (χ0) is 17.3. The van der Waals surface area contributed by atoms with Crippen molar-refractivity contribution in [2.75, 3.05) is 11.5 Å². The number of hydrogen-bond donors (Lipinski definition) is 0. The molecule has 0 N–H and O–H groups in total. The van der Waals surface area contributed by atoms with Crippen molar-refractivity contribution in [3.05, 3.63) is 63.6 Å². The van der Waals surface area contributed by atoms with Gasteiger partial charge in [0.2, 0.25) is 0 Å². The molecule has 24 heavy (non-hydrogen) atoms. The van der Waals surface area contributed by atoms with Crippen molar-refractivity contribution in [3.8, 4) is 0 Å². The Morgan fingerprint density at radius 1 is 1.12 bits per heavy atom. The minimum absolute atomic E-state index is 0.151. The van der Waals surface area contributed by atoms with Crippen molar-refractivity contribution in [1.82, 2.24) is 0 Å². The first-order valence-electron chi connectivity index (χ1n) is 7.46. The normalized spacial score (nSPS) is 16.8. The molecule has 0 spiro atoms. The summed E-state index contributed by atoms with van der Waals surface area (Å²) in [5.74, 6) is -0.529. The standard InChI is InChI=1S/C18H15Cl2NO3/c1-11-2-4-12(5-3-11)18(23)21(14-9-17(22)24-10-14)13-6-7-15(19)16(20)8-13/h2-8,14H,9-10H2,1H3. The van der Waals surface area contributed by atoms with E-state index >= 15 is 0 Å². The molecule has 1 amide bonds. The maximum Gasteiger partial charge on any atom is 0.308 e. The van der Waals surface area contributed by atoms with Crippen LogP contribution in [0.15, 0.2) is 42.5 Å². The zero-order valence-corrected chi connectivity index (χ0v) is 14.5. The van der Waals surface area contributed by atoms with Gasteiger partial charge in [-0.15, -0.1) is 0 Å². The Morgan fingerprint density at radius 2 is 1.83 bits per heavy atom. The van der Waals surface area contributed by atoms with E-state index in [2.05, 4.69) is 0 Å². The van der Waals surface area contributed by atoms with E-state index in [1.165, 1.54) is 0 Å². The highest BCUT2D eigenvalue weighted by Gasteiger charge is 2.34. The molecule has 0 aliphatic carbocycles. The number of anilines is 1. The second-order valence-electron chi connectivity index (χ2n) is 5.68. The molecule has 0 radical (unpaired) electrons. The third kappa shape index (κ3) is 3.40. The molecule has 4 nitrogen and oxygen atoms in total. The van der Waals surface area contributed by atoms with Crippen LogP contribution in [0.25, 0.3) is 0 Å². The monoisotopic (exact) mass is 363 g/mol. The lowest BCUT2D eigenvalue weighted by molar-refractivity contribution is -0.137. The maximum atomic E-state index is 13.0. The van der Waals surface area contributed by atoms with Gasteiger partial charge in [-0.2, -0.15) is 0 Å². The number of carbonyl (C=O) groups is 2. The molecule has 124 valence electrons. The molecule has 0 aromatic heterocycles. The predicted molar refractivity (Wildman–Crippen MR) is 93.8 cm³/mol. The van der Waals surface area contributed by atoms with Gasteiger partial charge in [0.1, 0.15) is 6.61 Å². The van der Waals surface area contributed by atoms with Crippen LogP contribution in [0.5, 0.6) is 0 Å². The van der Waals surface area contributed by atoms with E-state index < -0.39 is 0 Å². The Kier molecular flexibility index (Phi) is 4.78.